The number of carbonyl (C=O) groups is 1. The molecule has 1 atom stereocenters. The summed E-state index contributed by atoms with van der Waals surface area (Å²) in [6, 6.07) is 3.66. The smallest absolute Gasteiger partial charge is 0.236 e. The Hall–Kier alpha value is -1.62. The Labute approximate surface area is 118 Å². The number of aromatic hydroxyl groups is 1. The molecule has 1 amide bonds. The van der Waals surface area contributed by atoms with E-state index in [1.54, 1.807) is 0 Å². The Morgan fingerprint density at radius 3 is 2.75 bits per heavy atom. The van der Waals surface area contributed by atoms with Gasteiger partial charge in [-0.1, -0.05) is 0 Å². The topological polar surface area (TPSA) is 43.8 Å². The van der Waals surface area contributed by atoms with Crippen LogP contribution in [0.5, 0.6) is 5.75 Å². The zero-order chi connectivity index (χ0) is 14.7. The van der Waals surface area contributed by atoms with Gasteiger partial charge in [0.05, 0.1) is 6.54 Å². The quantitative estimate of drug-likeness (QED) is 0.919. The SMILES string of the molecule is CC(c1cc(F)ccc1O)N(C)CC(=O)N1CCCC1. The number of amides is 1. The molecule has 0 aromatic heterocycles. The van der Waals surface area contributed by atoms with Crippen molar-refractivity contribution in [3.8, 4) is 5.75 Å². The predicted octanol–water partition coefficient (Wildman–Crippen LogP) is 2.15. The first-order chi connectivity index (χ1) is 9.49. The van der Waals surface area contributed by atoms with Gasteiger partial charge in [-0.3, -0.25) is 9.69 Å². The number of likely N-dealkylation sites (tertiary alicyclic amines) is 1. The lowest BCUT2D eigenvalue weighted by Crippen LogP contribution is -2.38. The van der Waals surface area contributed by atoms with Crippen LogP contribution >= 0.6 is 0 Å². The van der Waals surface area contributed by atoms with Crippen LogP contribution in [0.3, 0.4) is 0 Å². The third-order valence-electron chi connectivity index (χ3n) is 3.94. The third-order valence-corrected chi connectivity index (χ3v) is 3.94. The molecule has 4 nitrogen and oxygen atoms in total. The molecule has 1 heterocycles. The number of carbonyl (C=O) groups excluding carboxylic acids is 1. The van der Waals surface area contributed by atoms with Gasteiger partial charge in [-0.05, 0) is 45.0 Å². The average molecular weight is 280 g/mol. The maximum absolute atomic E-state index is 13.3. The largest absolute Gasteiger partial charge is 0.508 e. The number of benzene rings is 1. The molecule has 0 aliphatic carbocycles. The highest BCUT2D eigenvalue weighted by Crippen LogP contribution is 2.28. The number of phenols is 1. The van der Waals surface area contributed by atoms with Crippen molar-refractivity contribution in [1.82, 2.24) is 9.80 Å². The Balaban J connectivity index is 2.02. The van der Waals surface area contributed by atoms with Gasteiger partial charge >= 0.3 is 0 Å². The highest BCUT2D eigenvalue weighted by molar-refractivity contribution is 5.78. The van der Waals surface area contributed by atoms with Crippen molar-refractivity contribution < 1.29 is 14.3 Å². The minimum Gasteiger partial charge on any atom is -0.508 e. The number of nitrogens with zero attached hydrogens (tertiary/aromatic N) is 2. The summed E-state index contributed by atoms with van der Waals surface area (Å²) >= 11 is 0. The Kier molecular flexibility index (Phi) is 4.60. The van der Waals surface area contributed by atoms with Gasteiger partial charge in [-0.25, -0.2) is 4.39 Å². The zero-order valence-corrected chi connectivity index (χ0v) is 12.0. The summed E-state index contributed by atoms with van der Waals surface area (Å²) in [7, 11) is 1.81. The van der Waals surface area contributed by atoms with Gasteiger partial charge in [0.15, 0.2) is 0 Å². The van der Waals surface area contributed by atoms with Crippen molar-refractivity contribution in [2.24, 2.45) is 0 Å². The summed E-state index contributed by atoms with van der Waals surface area (Å²) in [5.74, 6) is -0.240. The van der Waals surface area contributed by atoms with Crippen molar-refractivity contribution in [2.75, 3.05) is 26.7 Å². The van der Waals surface area contributed by atoms with Crippen LogP contribution in [0.2, 0.25) is 0 Å². The van der Waals surface area contributed by atoms with Gasteiger partial charge in [-0.15, -0.1) is 0 Å². The number of hydrogen-bond acceptors (Lipinski definition) is 3. The van der Waals surface area contributed by atoms with Crippen LogP contribution in [0.1, 0.15) is 31.4 Å². The molecule has 1 aliphatic heterocycles. The summed E-state index contributed by atoms with van der Waals surface area (Å²) in [5.41, 5.74) is 0.502. The van der Waals surface area contributed by atoms with E-state index in [9.17, 15) is 14.3 Å². The predicted molar refractivity (Wildman–Crippen MR) is 74.9 cm³/mol. The van der Waals surface area contributed by atoms with Crippen molar-refractivity contribution in [1.29, 1.82) is 0 Å². The fraction of sp³-hybridized carbons (Fsp3) is 0.533. The van der Waals surface area contributed by atoms with E-state index in [-0.39, 0.29) is 30.1 Å². The molecular formula is C15H21FN2O2. The first kappa shape index (κ1) is 14.8. The molecule has 1 aromatic carbocycles. The lowest BCUT2D eigenvalue weighted by Gasteiger charge is -2.27. The number of phenolic OH excluding ortho intramolecular Hbond substituents is 1. The second-order valence-corrected chi connectivity index (χ2v) is 5.38. The first-order valence-electron chi connectivity index (χ1n) is 6.95. The summed E-state index contributed by atoms with van der Waals surface area (Å²) in [5, 5.41) is 9.81. The molecule has 1 aliphatic rings. The van der Waals surface area contributed by atoms with Crippen LogP contribution in [0.25, 0.3) is 0 Å². The van der Waals surface area contributed by atoms with Crippen LogP contribution in [-0.2, 0) is 4.79 Å². The van der Waals surface area contributed by atoms with Crippen LogP contribution in [0.4, 0.5) is 4.39 Å². The Bertz CT molecular complexity index is 487. The summed E-state index contributed by atoms with van der Waals surface area (Å²) in [6.45, 7) is 3.78. The number of halogens is 1. The molecule has 1 fully saturated rings. The van der Waals surface area contributed by atoms with Crippen molar-refractivity contribution in [3.63, 3.8) is 0 Å². The van der Waals surface area contributed by atoms with Gasteiger partial charge < -0.3 is 10.0 Å². The van der Waals surface area contributed by atoms with Crippen LogP contribution < -0.4 is 0 Å². The molecule has 1 N–H and O–H groups in total. The normalized spacial score (nSPS) is 16.7. The standard InChI is InChI=1S/C15H21FN2O2/c1-11(13-9-12(16)5-6-14(13)19)17(2)10-15(20)18-7-3-4-8-18/h5-6,9,11,19H,3-4,7-8,10H2,1-2H3. The Morgan fingerprint density at radius 2 is 2.10 bits per heavy atom. The van der Waals surface area contributed by atoms with Crippen LogP contribution in [-0.4, -0.2) is 47.5 Å². The molecule has 5 heteroatoms. The second kappa shape index (κ2) is 6.22. The van der Waals surface area contributed by atoms with E-state index in [4.69, 9.17) is 0 Å². The Morgan fingerprint density at radius 1 is 1.45 bits per heavy atom. The van der Waals surface area contributed by atoms with Gasteiger partial charge in [0.1, 0.15) is 11.6 Å². The molecule has 1 unspecified atom stereocenters. The van der Waals surface area contributed by atoms with E-state index >= 15 is 0 Å². The maximum Gasteiger partial charge on any atom is 0.236 e. The lowest BCUT2D eigenvalue weighted by atomic mass is 10.1. The number of likely N-dealkylation sites (N-methyl/N-ethyl adjacent to an activating group) is 1. The second-order valence-electron chi connectivity index (χ2n) is 5.38. The lowest BCUT2D eigenvalue weighted by molar-refractivity contribution is -0.131. The molecular weight excluding hydrogens is 259 g/mol. The first-order valence-corrected chi connectivity index (χ1v) is 6.95. The number of hydrogen-bond donors (Lipinski definition) is 1. The molecule has 0 bridgehead atoms. The van der Waals surface area contributed by atoms with E-state index in [1.807, 2.05) is 23.8 Å². The monoisotopic (exact) mass is 280 g/mol. The summed E-state index contributed by atoms with van der Waals surface area (Å²) in [4.78, 5) is 15.8. The van der Waals surface area contributed by atoms with E-state index in [2.05, 4.69) is 0 Å². The molecule has 0 spiro atoms. The van der Waals surface area contributed by atoms with Crippen molar-refractivity contribution >= 4 is 5.91 Å². The molecule has 1 saturated heterocycles. The minimum atomic E-state index is -0.385. The summed E-state index contributed by atoms with van der Waals surface area (Å²) < 4.78 is 13.3. The van der Waals surface area contributed by atoms with Gasteiger partial charge in [-0.2, -0.15) is 0 Å². The average Bonchev–Trinajstić information content (AvgIpc) is 2.94. The van der Waals surface area contributed by atoms with Crippen LogP contribution in [0.15, 0.2) is 18.2 Å². The van der Waals surface area contributed by atoms with E-state index in [1.165, 1.54) is 18.2 Å². The van der Waals surface area contributed by atoms with Crippen LogP contribution in [0, 0.1) is 5.82 Å². The molecule has 1 aromatic rings. The molecule has 110 valence electrons. The molecule has 0 radical (unpaired) electrons. The van der Waals surface area contributed by atoms with Crippen molar-refractivity contribution in [2.45, 2.75) is 25.8 Å². The van der Waals surface area contributed by atoms with Gasteiger partial charge in [0, 0.05) is 24.7 Å². The number of rotatable bonds is 4. The highest BCUT2D eigenvalue weighted by Gasteiger charge is 2.23. The molecule has 20 heavy (non-hydrogen) atoms. The van der Waals surface area contributed by atoms with E-state index < -0.39 is 0 Å². The highest BCUT2D eigenvalue weighted by atomic mass is 19.1. The third kappa shape index (κ3) is 3.28. The molecule has 0 saturated carbocycles. The maximum atomic E-state index is 13.3. The van der Waals surface area contributed by atoms with Gasteiger partial charge in [0.2, 0.25) is 5.91 Å². The van der Waals surface area contributed by atoms with E-state index in [0.717, 1.165) is 25.9 Å². The van der Waals surface area contributed by atoms with Crippen molar-refractivity contribution in [3.05, 3.63) is 29.6 Å². The fourth-order valence-corrected chi connectivity index (χ4v) is 2.51. The van der Waals surface area contributed by atoms with E-state index in [0.29, 0.717) is 5.56 Å². The van der Waals surface area contributed by atoms with Gasteiger partial charge in [0.25, 0.3) is 0 Å². The minimum absolute atomic E-state index is 0.0550. The fourth-order valence-electron chi connectivity index (χ4n) is 2.51. The molecule has 2 rings (SSSR count). The zero-order valence-electron chi connectivity index (χ0n) is 12.0. The summed E-state index contributed by atoms with van der Waals surface area (Å²) in [6.07, 6.45) is 2.13.